The van der Waals surface area contributed by atoms with Gasteiger partial charge >= 0.3 is 0 Å². The molecule has 2 unspecified atom stereocenters. The maximum atomic E-state index is 6.10. The largest absolute Gasteiger partial charge is 0.497 e. The quantitative estimate of drug-likeness (QED) is 0.850. The molecule has 0 bridgehead atoms. The first-order valence-electron chi connectivity index (χ1n) is 5.50. The van der Waals surface area contributed by atoms with Crippen molar-refractivity contribution in [3.63, 3.8) is 0 Å². The number of nitrogens with two attached hydrogens (primary N) is 1. The summed E-state index contributed by atoms with van der Waals surface area (Å²) >= 11 is 0. The van der Waals surface area contributed by atoms with E-state index in [4.69, 9.17) is 15.2 Å². The average Bonchev–Trinajstić information content (AvgIpc) is 2.77. The van der Waals surface area contributed by atoms with Gasteiger partial charge in [0, 0.05) is 17.5 Å². The number of rotatable bonds is 3. The van der Waals surface area contributed by atoms with Crippen molar-refractivity contribution in [1.29, 1.82) is 0 Å². The Morgan fingerprint density at radius 3 is 2.25 bits per heavy atom. The van der Waals surface area contributed by atoms with Gasteiger partial charge in [-0.05, 0) is 23.6 Å². The molecule has 3 nitrogen and oxygen atoms in total. The van der Waals surface area contributed by atoms with E-state index < -0.39 is 0 Å². The number of hydrogen-bond donors (Lipinski definition) is 1. The van der Waals surface area contributed by atoms with Gasteiger partial charge in [-0.1, -0.05) is 13.8 Å². The molecule has 1 aliphatic carbocycles. The monoisotopic (exact) mass is 221 g/mol. The van der Waals surface area contributed by atoms with Crippen LogP contribution in [0.15, 0.2) is 18.2 Å². The van der Waals surface area contributed by atoms with Crippen LogP contribution in [0.25, 0.3) is 0 Å². The minimum atomic E-state index is 0.152. The second-order valence-corrected chi connectivity index (χ2v) is 4.93. The van der Waals surface area contributed by atoms with Crippen molar-refractivity contribution < 1.29 is 9.47 Å². The minimum absolute atomic E-state index is 0.152. The molecule has 2 atom stereocenters. The fourth-order valence-electron chi connectivity index (χ4n) is 2.35. The lowest BCUT2D eigenvalue weighted by Crippen LogP contribution is -2.06. The Kier molecular flexibility index (Phi) is 2.58. The molecular formula is C13H19NO2. The van der Waals surface area contributed by atoms with E-state index in [2.05, 4.69) is 13.8 Å². The molecule has 1 fully saturated rings. The zero-order valence-electron chi connectivity index (χ0n) is 10.3. The van der Waals surface area contributed by atoms with E-state index in [9.17, 15) is 0 Å². The zero-order valence-corrected chi connectivity index (χ0v) is 10.3. The van der Waals surface area contributed by atoms with Crippen LogP contribution in [-0.2, 0) is 0 Å². The molecule has 0 amide bonds. The van der Waals surface area contributed by atoms with Gasteiger partial charge in [0.1, 0.15) is 11.5 Å². The fourth-order valence-corrected chi connectivity index (χ4v) is 2.35. The van der Waals surface area contributed by atoms with Crippen molar-refractivity contribution >= 4 is 0 Å². The molecular weight excluding hydrogens is 202 g/mol. The van der Waals surface area contributed by atoms with E-state index in [1.54, 1.807) is 14.2 Å². The molecule has 2 rings (SSSR count). The lowest BCUT2D eigenvalue weighted by Gasteiger charge is -2.11. The van der Waals surface area contributed by atoms with Crippen LogP contribution in [0.1, 0.15) is 25.3 Å². The molecule has 0 aliphatic heterocycles. The SMILES string of the molecule is COc1ccc(OC)c(C2C(N)C2(C)C)c1. The molecule has 2 N–H and O–H groups in total. The number of benzene rings is 1. The molecule has 0 spiro atoms. The van der Waals surface area contributed by atoms with Gasteiger partial charge in [0.2, 0.25) is 0 Å². The molecule has 0 aromatic heterocycles. The molecule has 3 heteroatoms. The summed E-state index contributed by atoms with van der Waals surface area (Å²) in [6, 6.07) is 6.07. The van der Waals surface area contributed by atoms with Crippen LogP contribution in [0, 0.1) is 5.41 Å². The van der Waals surface area contributed by atoms with Gasteiger partial charge in [-0.3, -0.25) is 0 Å². The molecule has 0 radical (unpaired) electrons. The molecule has 1 aromatic carbocycles. The summed E-state index contributed by atoms with van der Waals surface area (Å²) < 4.78 is 10.6. The average molecular weight is 221 g/mol. The van der Waals surface area contributed by atoms with Crippen molar-refractivity contribution in [3.8, 4) is 11.5 Å². The first-order valence-corrected chi connectivity index (χ1v) is 5.50. The van der Waals surface area contributed by atoms with E-state index in [1.165, 1.54) is 0 Å². The second-order valence-electron chi connectivity index (χ2n) is 4.93. The lowest BCUT2D eigenvalue weighted by atomic mass is 10.0. The molecule has 0 heterocycles. The Morgan fingerprint density at radius 2 is 1.81 bits per heavy atom. The van der Waals surface area contributed by atoms with Crippen molar-refractivity contribution in [1.82, 2.24) is 0 Å². The van der Waals surface area contributed by atoms with E-state index in [0.29, 0.717) is 5.92 Å². The summed E-state index contributed by atoms with van der Waals surface area (Å²) in [5.74, 6) is 2.11. The van der Waals surface area contributed by atoms with E-state index in [-0.39, 0.29) is 11.5 Å². The summed E-state index contributed by atoms with van der Waals surface area (Å²) in [4.78, 5) is 0. The van der Waals surface area contributed by atoms with Gasteiger partial charge in [0.15, 0.2) is 0 Å². The fraction of sp³-hybridized carbons (Fsp3) is 0.538. The van der Waals surface area contributed by atoms with Crippen LogP contribution in [0.5, 0.6) is 11.5 Å². The van der Waals surface area contributed by atoms with Crippen LogP contribution >= 0.6 is 0 Å². The zero-order chi connectivity index (χ0) is 11.9. The highest BCUT2D eigenvalue weighted by Gasteiger charge is 2.57. The first kappa shape index (κ1) is 11.3. The lowest BCUT2D eigenvalue weighted by molar-refractivity contribution is 0.397. The Labute approximate surface area is 96.5 Å². The molecule has 1 saturated carbocycles. The molecule has 16 heavy (non-hydrogen) atoms. The van der Waals surface area contributed by atoms with Crippen LogP contribution in [0.2, 0.25) is 0 Å². The number of ether oxygens (including phenoxy) is 2. The highest BCUT2D eigenvalue weighted by Crippen LogP contribution is 2.59. The van der Waals surface area contributed by atoms with Crippen molar-refractivity contribution in [2.75, 3.05) is 14.2 Å². The van der Waals surface area contributed by atoms with Crippen LogP contribution < -0.4 is 15.2 Å². The molecule has 1 aromatic rings. The van der Waals surface area contributed by atoms with Gasteiger partial charge < -0.3 is 15.2 Å². The van der Waals surface area contributed by atoms with Crippen molar-refractivity contribution in [3.05, 3.63) is 23.8 Å². The van der Waals surface area contributed by atoms with Crippen LogP contribution in [-0.4, -0.2) is 20.3 Å². The number of hydrogen-bond acceptors (Lipinski definition) is 3. The summed E-state index contributed by atoms with van der Waals surface area (Å²) in [6.45, 7) is 4.36. The number of methoxy groups -OCH3 is 2. The predicted octanol–water partition coefficient (Wildman–Crippen LogP) is 2.15. The predicted molar refractivity (Wildman–Crippen MR) is 64.0 cm³/mol. The van der Waals surface area contributed by atoms with Gasteiger partial charge in [-0.25, -0.2) is 0 Å². The Hall–Kier alpha value is -1.22. The molecule has 1 aliphatic rings. The Bertz CT molecular complexity index is 401. The highest BCUT2D eigenvalue weighted by atomic mass is 16.5. The molecule has 88 valence electrons. The minimum Gasteiger partial charge on any atom is -0.497 e. The third kappa shape index (κ3) is 1.55. The van der Waals surface area contributed by atoms with Crippen LogP contribution in [0.3, 0.4) is 0 Å². The van der Waals surface area contributed by atoms with E-state index in [1.807, 2.05) is 18.2 Å². The first-order chi connectivity index (χ1) is 7.52. The van der Waals surface area contributed by atoms with Crippen LogP contribution in [0.4, 0.5) is 0 Å². The maximum Gasteiger partial charge on any atom is 0.122 e. The van der Waals surface area contributed by atoms with Gasteiger partial charge in [-0.15, -0.1) is 0 Å². The van der Waals surface area contributed by atoms with Crippen molar-refractivity contribution in [2.45, 2.75) is 25.8 Å². The Balaban J connectivity index is 2.39. The third-order valence-corrected chi connectivity index (χ3v) is 3.68. The Morgan fingerprint density at radius 1 is 1.19 bits per heavy atom. The topological polar surface area (TPSA) is 44.5 Å². The summed E-state index contributed by atoms with van der Waals surface area (Å²) in [7, 11) is 3.36. The second kappa shape index (κ2) is 3.67. The third-order valence-electron chi connectivity index (χ3n) is 3.68. The normalized spacial score (nSPS) is 26.3. The smallest absolute Gasteiger partial charge is 0.122 e. The van der Waals surface area contributed by atoms with E-state index in [0.717, 1.165) is 17.1 Å². The molecule has 0 saturated heterocycles. The van der Waals surface area contributed by atoms with Gasteiger partial charge in [0.05, 0.1) is 14.2 Å². The van der Waals surface area contributed by atoms with E-state index >= 15 is 0 Å². The van der Waals surface area contributed by atoms with Gasteiger partial charge in [-0.2, -0.15) is 0 Å². The maximum absolute atomic E-state index is 6.10. The van der Waals surface area contributed by atoms with Crippen molar-refractivity contribution in [2.24, 2.45) is 11.1 Å². The highest BCUT2D eigenvalue weighted by molar-refractivity contribution is 5.48. The summed E-state index contributed by atoms with van der Waals surface area (Å²) in [5.41, 5.74) is 7.40. The standard InChI is InChI=1S/C13H19NO2/c1-13(2)11(12(13)14)9-7-8(15-3)5-6-10(9)16-4/h5-7,11-12H,14H2,1-4H3. The van der Waals surface area contributed by atoms with Gasteiger partial charge in [0.25, 0.3) is 0 Å². The summed E-state index contributed by atoms with van der Waals surface area (Å²) in [6.07, 6.45) is 0. The summed E-state index contributed by atoms with van der Waals surface area (Å²) in [5, 5.41) is 0.